The second kappa shape index (κ2) is 15.7. The van der Waals surface area contributed by atoms with Crippen molar-refractivity contribution in [2.45, 2.75) is 13.8 Å². The van der Waals surface area contributed by atoms with Gasteiger partial charge in [-0.3, -0.25) is 0 Å². The molecule has 0 aromatic rings. The topological polar surface area (TPSA) is 60.4 Å². The molecule has 0 aliphatic heterocycles. The van der Waals surface area contributed by atoms with E-state index in [9.17, 15) is 0 Å². The molecule has 0 spiro atoms. The standard InChI is InChI=1S/C2H4O2.C2H6O.Li/c1-2(3)4;1-2-3;/h1H3,(H,3,4);3H,2H2,1H3;/q;;+1/p-1. The number of rotatable bonds is 0. The first kappa shape index (κ1) is 15.7. The third-order valence-corrected chi connectivity index (χ3v) is 0. The second-order valence-corrected chi connectivity index (χ2v) is 0.808. The first-order valence-electron chi connectivity index (χ1n) is 1.93. The first-order chi connectivity index (χ1) is 3.15. The monoisotopic (exact) mass is 112 g/mol. The Kier molecular flexibility index (Phi) is 30.9. The molecule has 0 aromatic carbocycles. The van der Waals surface area contributed by atoms with E-state index in [1.54, 1.807) is 6.92 Å². The van der Waals surface area contributed by atoms with E-state index in [-0.39, 0.29) is 25.5 Å². The van der Waals surface area contributed by atoms with E-state index < -0.39 is 5.97 Å². The molecule has 0 saturated heterocycles. The van der Waals surface area contributed by atoms with E-state index in [2.05, 4.69) is 0 Å². The van der Waals surface area contributed by atoms with Crippen molar-refractivity contribution in [3.8, 4) is 0 Å². The average Bonchev–Trinajstić information content (AvgIpc) is 1.33. The number of aliphatic hydroxyl groups excluding tert-OH is 1. The molecule has 0 aromatic heterocycles. The van der Waals surface area contributed by atoms with Crippen molar-refractivity contribution in [1.29, 1.82) is 0 Å². The Morgan fingerprint density at radius 3 is 1.75 bits per heavy atom. The normalized spacial score (nSPS) is 5.38. The number of carboxylic acids is 1. The summed E-state index contributed by atoms with van der Waals surface area (Å²) in [6, 6.07) is 0. The minimum Gasteiger partial charge on any atom is -0.550 e. The molecule has 0 saturated carbocycles. The molecule has 0 unspecified atom stereocenters. The fourth-order valence-electron chi connectivity index (χ4n) is 0. The van der Waals surface area contributed by atoms with Crippen LogP contribution in [-0.4, -0.2) is 17.7 Å². The van der Waals surface area contributed by atoms with E-state index in [1.165, 1.54) is 0 Å². The Bertz CT molecular complexity index is 42.5. The van der Waals surface area contributed by atoms with Crippen LogP contribution in [0.3, 0.4) is 0 Å². The van der Waals surface area contributed by atoms with Gasteiger partial charge in [-0.2, -0.15) is 0 Å². The van der Waals surface area contributed by atoms with Gasteiger partial charge in [-0.25, -0.2) is 0 Å². The molecule has 0 fully saturated rings. The molecule has 0 amide bonds. The molecule has 8 heavy (non-hydrogen) atoms. The smallest absolute Gasteiger partial charge is 0.550 e. The molecule has 44 valence electrons. The zero-order chi connectivity index (χ0) is 6.28. The summed E-state index contributed by atoms with van der Waals surface area (Å²) < 4.78 is 0. The van der Waals surface area contributed by atoms with Gasteiger partial charge in [-0.05, 0) is 13.8 Å². The maximum atomic E-state index is 8.89. The predicted octanol–water partition coefficient (Wildman–Crippen LogP) is -4.24. The van der Waals surface area contributed by atoms with Crippen molar-refractivity contribution in [3.63, 3.8) is 0 Å². The maximum absolute atomic E-state index is 8.89. The Hall–Kier alpha value is 0.0274. The molecule has 0 rings (SSSR count). The number of carbonyl (C=O) groups excluding carboxylic acids is 1. The van der Waals surface area contributed by atoms with Gasteiger partial charge in [0.2, 0.25) is 0 Å². The van der Waals surface area contributed by atoms with Gasteiger partial charge in [-0.15, -0.1) is 0 Å². The fraction of sp³-hybridized carbons (Fsp3) is 0.750. The van der Waals surface area contributed by atoms with Crippen molar-refractivity contribution in [2.75, 3.05) is 6.61 Å². The van der Waals surface area contributed by atoms with E-state index >= 15 is 0 Å². The summed E-state index contributed by atoms with van der Waals surface area (Å²) in [5.74, 6) is -1.08. The Morgan fingerprint density at radius 1 is 1.75 bits per heavy atom. The van der Waals surface area contributed by atoms with Crippen molar-refractivity contribution in [3.05, 3.63) is 0 Å². The van der Waals surface area contributed by atoms with Crippen LogP contribution in [-0.2, 0) is 4.79 Å². The minimum absolute atomic E-state index is 0. The quantitative estimate of drug-likeness (QED) is 0.323. The second-order valence-electron chi connectivity index (χ2n) is 0.808. The van der Waals surface area contributed by atoms with Gasteiger partial charge >= 0.3 is 18.9 Å². The summed E-state index contributed by atoms with van der Waals surface area (Å²) >= 11 is 0. The van der Waals surface area contributed by atoms with E-state index in [4.69, 9.17) is 15.0 Å². The van der Waals surface area contributed by atoms with E-state index in [0.29, 0.717) is 0 Å². The number of aliphatic carboxylic acids is 1. The molecule has 0 atom stereocenters. The molecule has 1 N–H and O–H groups in total. The minimum atomic E-state index is -1.08. The largest absolute Gasteiger partial charge is 1.00 e. The van der Waals surface area contributed by atoms with Crippen molar-refractivity contribution < 1.29 is 33.9 Å². The molecule has 3 nitrogen and oxygen atoms in total. The van der Waals surface area contributed by atoms with Gasteiger partial charge in [-0.1, -0.05) is 0 Å². The molecule has 0 aliphatic rings. The molecule has 0 radical (unpaired) electrons. The maximum Gasteiger partial charge on any atom is 1.00 e. The van der Waals surface area contributed by atoms with Gasteiger partial charge in [0.25, 0.3) is 0 Å². The first-order valence-corrected chi connectivity index (χ1v) is 1.93. The molecular weight excluding hydrogens is 103 g/mol. The molecule has 0 bridgehead atoms. The summed E-state index contributed by atoms with van der Waals surface area (Å²) in [6.45, 7) is 2.90. The third kappa shape index (κ3) is 203000. The molecule has 0 aliphatic carbocycles. The number of aliphatic hydroxyl groups is 1. The van der Waals surface area contributed by atoms with Crippen LogP contribution in [0.25, 0.3) is 0 Å². The third-order valence-electron chi connectivity index (χ3n) is 0. The van der Waals surface area contributed by atoms with Crippen LogP contribution in [0.15, 0.2) is 0 Å². The fourth-order valence-corrected chi connectivity index (χ4v) is 0. The van der Waals surface area contributed by atoms with Gasteiger partial charge in [0.1, 0.15) is 0 Å². The van der Waals surface area contributed by atoms with Gasteiger partial charge in [0, 0.05) is 12.6 Å². The van der Waals surface area contributed by atoms with Gasteiger partial charge in [0.15, 0.2) is 0 Å². The number of hydrogen-bond donors (Lipinski definition) is 1. The average molecular weight is 112 g/mol. The van der Waals surface area contributed by atoms with Crippen LogP contribution in [0.4, 0.5) is 0 Å². The van der Waals surface area contributed by atoms with Crippen LogP contribution in [0, 0.1) is 0 Å². The van der Waals surface area contributed by atoms with Crippen LogP contribution in [0.2, 0.25) is 0 Å². The summed E-state index contributed by atoms with van der Waals surface area (Å²) in [5, 5.41) is 16.5. The molecule has 0 heterocycles. The Morgan fingerprint density at radius 2 is 1.75 bits per heavy atom. The summed E-state index contributed by atoms with van der Waals surface area (Å²) in [7, 11) is 0. The van der Waals surface area contributed by atoms with Crippen molar-refractivity contribution in [1.82, 2.24) is 0 Å². The predicted molar refractivity (Wildman–Crippen MR) is 23.4 cm³/mol. The summed E-state index contributed by atoms with van der Waals surface area (Å²) in [6.07, 6.45) is 0. The zero-order valence-electron chi connectivity index (χ0n) is 5.47. The van der Waals surface area contributed by atoms with Crippen molar-refractivity contribution in [2.24, 2.45) is 0 Å². The van der Waals surface area contributed by atoms with E-state index in [1.807, 2.05) is 0 Å². The van der Waals surface area contributed by atoms with Crippen LogP contribution in [0.5, 0.6) is 0 Å². The number of carbonyl (C=O) groups is 1. The Balaban J connectivity index is -0.0000000575. The number of carboxylic acid groups (broad SMARTS) is 1. The zero-order valence-corrected chi connectivity index (χ0v) is 5.47. The summed E-state index contributed by atoms with van der Waals surface area (Å²) in [5.41, 5.74) is 0. The van der Waals surface area contributed by atoms with Crippen LogP contribution >= 0.6 is 0 Å². The van der Waals surface area contributed by atoms with Crippen molar-refractivity contribution >= 4 is 5.97 Å². The number of hydrogen-bond acceptors (Lipinski definition) is 3. The van der Waals surface area contributed by atoms with Gasteiger partial charge in [0.05, 0.1) is 0 Å². The van der Waals surface area contributed by atoms with E-state index in [0.717, 1.165) is 6.92 Å². The summed E-state index contributed by atoms with van der Waals surface area (Å²) in [4.78, 5) is 8.89. The SMILES string of the molecule is CC(=O)[O-].CCO.[Li+]. The van der Waals surface area contributed by atoms with Gasteiger partial charge < -0.3 is 15.0 Å². The van der Waals surface area contributed by atoms with Crippen LogP contribution < -0.4 is 24.0 Å². The molecule has 4 heteroatoms. The van der Waals surface area contributed by atoms with Crippen LogP contribution in [0.1, 0.15) is 13.8 Å². The Labute approximate surface area is 60.9 Å². The molecular formula is C4H9LiO3.